The summed E-state index contributed by atoms with van der Waals surface area (Å²) in [7, 11) is -3.65. The first-order valence-electron chi connectivity index (χ1n) is 6.18. The lowest BCUT2D eigenvalue weighted by Crippen LogP contribution is -2.13. The summed E-state index contributed by atoms with van der Waals surface area (Å²) in [5.74, 6) is 0.324. The van der Waals surface area contributed by atoms with Crippen molar-refractivity contribution in [3.63, 3.8) is 0 Å². The summed E-state index contributed by atoms with van der Waals surface area (Å²) in [6.45, 7) is 0. The molecule has 0 atom stereocenters. The molecule has 6 nitrogen and oxygen atoms in total. The van der Waals surface area contributed by atoms with Crippen LogP contribution in [0, 0.1) is 0 Å². The van der Waals surface area contributed by atoms with Gasteiger partial charge in [-0.25, -0.2) is 8.42 Å². The first-order valence-corrected chi connectivity index (χ1v) is 7.67. The molecule has 0 spiro atoms. The standard InChI is InChI=1S/C14H12N4O2S/c19-21(20,12-4-2-1-3-5-12)18-14-13(10-16-17-14)11-6-8-15-9-7-11/h1-10H,(H2,16,17,18). The highest BCUT2D eigenvalue weighted by atomic mass is 32.2. The van der Waals surface area contributed by atoms with Gasteiger partial charge in [-0.2, -0.15) is 5.10 Å². The topological polar surface area (TPSA) is 87.7 Å². The molecule has 0 aliphatic rings. The van der Waals surface area contributed by atoms with E-state index in [-0.39, 0.29) is 4.90 Å². The van der Waals surface area contributed by atoms with Gasteiger partial charge in [-0.05, 0) is 29.8 Å². The molecule has 21 heavy (non-hydrogen) atoms. The van der Waals surface area contributed by atoms with Crippen LogP contribution in [0.4, 0.5) is 5.82 Å². The van der Waals surface area contributed by atoms with Gasteiger partial charge in [0.2, 0.25) is 0 Å². The van der Waals surface area contributed by atoms with Gasteiger partial charge in [-0.15, -0.1) is 0 Å². The molecule has 0 unspecified atom stereocenters. The van der Waals surface area contributed by atoms with E-state index in [1.807, 2.05) is 0 Å². The maximum absolute atomic E-state index is 12.3. The third-order valence-corrected chi connectivity index (χ3v) is 4.29. The van der Waals surface area contributed by atoms with E-state index in [9.17, 15) is 8.42 Å². The molecule has 106 valence electrons. The number of benzene rings is 1. The number of anilines is 1. The highest BCUT2D eigenvalue weighted by molar-refractivity contribution is 7.92. The van der Waals surface area contributed by atoms with Crippen molar-refractivity contribution in [2.45, 2.75) is 4.90 Å². The SMILES string of the molecule is O=S(=O)(Nc1[nH]ncc1-c1ccncc1)c1ccccc1. The molecule has 2 heterocycles. The van der Waals surface area contributed by atoms with Gasteiger partial charge in [-0.1, -0.05) is 18.2 Å². The highest BCUT2D eigenvalue weighted by Gasteiger charge is 2.17. The van der Waals surface area contributed by atoms with Crippen molar-refractivity contribution in [2.24, 2.45) is 0 Å². The van der Waals surface area contributed by atoms with E-state index in [2.05, 4.69) is 19.9 Å². The minimum atomic E-state index is -3.65. The zero-order chi connectivity index (χ0) is 14.7. The Balaban J connectivity index is 1.96. The predicted molar refractivity (Wildman–Crippen MR) is 79.1 cm³/mol. The minimum absolute atomic E-state index is 0.195. The van der Waals surface area contributed by atoms with Crippen molar-refractivity contribution in [3.8, 4) is 11.1 Å². The lowest BCUT2D eigenvalue weighted by molar-refractivity contribution is 0.601. The second-order valence-corrected chi connectivity index (χ2v) is 6.00. The van der Waals surface area contributed by atoms with Crippen molar-refractivity contribution in [1.29, 1.82) is 0 Å². The van der Waals surface area contributed by atoms with Crippen LogP contribution in [0.15, 0.2) is 66.0 Å². The molecule has 0 radical (unpaired) electrons. The van der Waals surface area contributed by atoms with Crippen LogP contribution < -0.4 is 4.72 Å². The average Bonchev–Trinajstić information content (AvgIpc) is 2.96. The van der Waals surface area contributed by atoms with Gasteiger partial charge < -0.3 is 0 Å². The average molecular weight is 300 g/mol. The van der Waals surface area contributed by atoms with E-state index >= 15 is 0 Å². The summed E-state index contributed by atoms with van der Waals surface area (Å²) in [5.41, 5.74) is 1.49. The molecule has 0 saturated carbocycles. The molecule has 0 bridgehead atoms. The van der Waals surface area contributed by atoms with Gasteiger partial charge in [0, 0.05) is 18.0 Å². The summed E-state index contributed by atoms with van der Waals surface area (Å²) in [5, 5.41) is 6.57. The molecular weight excluding hydrogens is 288 g/mol. The number of aromatic amines is 1. The number of sulfonamides is 1. The number of pyridine rings is 1. The van der Waals surface area contributed by atoms with Crippen LogP contribution >= 0.6 is 0 Å². The van der Waals surface area contributed by atoms with Crippen molar-refractivity contribution in [1.82, 2.24) is 15.2 Å². The zero-order valence-corrected chi connectivity index (χ0v) is 11.7. The smallest absolute Gasteiger partial charge is 0.263 e. The molecule has 0 amide bonds. The quantitative estimate of drug-likeness (QED) is 0.773. The normalized spacial score (nSPS) is 11.2. The fourth-order valence-corrected chi connectivity index (χ4v) is 2.96. The number of nitrogens with zero attached hydrogens (tertiary/aromatic N) is 2. The van der Waals surface area contributed by atoms with Gasteiger partial charge in [0.05, 0.1) is 11.1 Å². The molecule has 2 N–H and O–H groups in total. The first kappa shape index (κ1) is 13.3. The van der Waals surface area contributed by atoms with Crippen molar-refractivity contribution in [3.05, 3.63) is 61.1 Å². The van der Waals surface area contributed by atoms with Gasteiger partial charge in [0.15, 0.2) is 0 Å². The van der Waals surface area contributed by atoms with E-state index < -0.39 is 10.0 Å². The number of hydrogen-bond donors (Lipinski definition) is 2. The molecule has 0 aliphatic heterocycles. The first-order chi connectivity index (χ1) is 10.2. The molecule has 3 aromatic rings. The zero-order valence-electron chi connectivity index (χ0n) is 10.9. The van der Waals surface area contributed by atoms with Crippen LogP contribution in [0.2, 0.25) is 0 Å². The van der Waals surface area contributed by atoms with Gasteiger partial charge in [0.25, 0.3) is 10.0 Å². The number of rotatable bonds is 4. The molecule has 3 rings (SSSR count). The van der Waals surface area contributed by atoms with Crippen LogP contribution in [0.3, 0.4) is 0 Å². The highest BCUT2D eigenvalue weighted by Crippen LogP contribution is 2.26. The second kappa shape index (κ2) is 5.37. The largest absolute Gasteiger partial charge is 0.265 e. The van der Waals surface area contributed by atoms with E-state index in [1.54, 1.807) is 48.9 Å². The van der Waals surface area contributed by atoms with Crippen LogP contribution in [0.25, 0.3) is 11.1 Å². The van der Waals surface area contributed by atoms with Crippen LogP contribution in [-0.4, -0.2) is 23.6 Å². The van der Waals surface area contributed by atoms with E-state index in [0.717, 1.165) is 5.56 Å². The predicted octanol–water partition coefficient (Wildman–Crippen LogP) is 2.27. The van der Waals surface area contributed by atoms with Gasteiger partial charge in [0.1, 0.15) is 5.82 Å². The Hall–Kier alpha value is -2.67. The second-order valence-electron chi connectivity index (χ2n) is 4.31. The Morgan fingerprint density at radius 1 is 1.00 bits per heavy atom. The van der Waals surface area contributed by atoms with Crippen molar-refractivity contribution < 1.29 is 8.42 Å². The molecule has 1 aromatic carbocycles. The third kappa shape index (κ3) is 2.77. The number of nitrogens with one attached hydrogen (secondary N) is 2. The Morgan fingerprint density at radius 3 is 2.43 bits per heavy atom. The van der Waals surface area contributed by atoms with Gasteiger partial charge in [-0.3, -0.25) is 14.8 Å². The summed E-state index contributed by atoms with van der Waals surface area (Å²) >= 11 is 0. The Kier molecular flexibility index (Phi) is 3.41. The molecule has 2 aromatic heterocycles. The fourth-order valence-electron chi connectivity index (χ4n) is 1.91. The van der Waals surface area contributed by atoms with Crippen LogP contribution in [0.1, 0.15) is 0 Å². The maximum Gasteiger partial charge on any atom is 0.263 e. The van der Waals surface area contributed by atoms with E-state index in [4.69, 9.17) is 0 Å². The Labute approximate surface area is 121 Å². The van der Waals surface area contributed by atoms with Crippen LogP contribution in [-0.2, 0) is 10.0 Å². The van der Waals surface area contributed by atoms with E-state index in [0.29, 0.717) is 11.4 Å². The summed E-state index contributed by atoms with van der Waals surface area (Å²) in [4.78, 5) is 4.13. The van der Waals surface area contributed by atoms with Crippen molar-refractivity contribution >= 4 is 15.8 Å². The van der Waals surface area contributed by atoms with Gasteiger partial charge >= 0.3 is 0 Å². The van der Waals surface area contributed by atoms with Crippen molar-refractivity contribution in [2.75, 3.05) is 4.72 Å². The Morgan fingerprint density at radius 2 is 1.71 bits per heavy atom. The monoisotopic (exact) mass is 300 g/mol. The number of H-pyrrole nitrogens is 1. The molecule has 0 saturated heterocycles. The number of hydrogen-bond acceptors (Lipinski definition) is 4. The fraction of sp³-hybridized carbons (Fsp3) is 0. The molecule has 0 fully saturated rings. The Bertz CT molecular complexity index is 830. The molecule has 0 aliphatic carbocycles. The van der Waals surface area contributed by atoms with Crippen LogP contribution in [0.5, 0.6) is 0 Å². The summed E-state index contributed by atoms with van der Waals surface area (Å²) in [6, 6.07) is 11.7. The summed E-state index contributed by atoms with van der Waals surface area (Å²) < 4.78 is 27.1. The third-order valence-electron chi connectivity index (χ3n) is 2.92. The lowest BCUT2D eigenvalue weighted by Gasteiger charge is -2.08. The molecule has 7 heteroatoms. The maximum atomic E-state index is 12.3. The minimum Gasteiger partial charge on any atom is -0.265 e. The molecular formula is C14H12N4O2S. The number of aromatic nitrogens is 3. The van der Waals surface area contributed by atoms with E-state index in [1.165, 1.54) is 12.1 Å². The lowest BCUT2D eigenvalue weighted by atomic mass is 10.1. The summed E-state index contributed by atoms with van der Waals surface area (Å²) in [6.07, 6.45) is 4.84.